The van der Waals surface area contributed by atoms with E-state index in [1.54, 1.807) is 5.57 Å². The maximum atomic E-state index is 14.2. The lowest BCUT2D eigenvalue weighted by Gasteiger charge is -2.71. The second-order valence-corrected chi connectivity index (χ2v) is 17.0. The molecule has 5 nitrogen and oxygen atoms in total. The fourth-order valence-corrected chi connectivity index (χ4v) is 11.5. The molecule has 4 fully saturated rings. The van der Waals surface area contributed by atoms with Gasteiger partial charge >= 0.3 is 0 Å². The van der Waals surface area contributed by atoms with Gasteiger partial charge in [0.25, 0.3) is 0 Å². The van der Waals surface area contributed by atoms with Crippen LogP contribution in [0, 0.1) is 50.2 Å². The van der Waals surface area contributed by atoms with E-state index in [1.807, 2.05) is 0 Å². The molecule has 5 heteroatoms. The van der Waals surface area contributed by atoms with Gasteiger partial charge in [-0.1, -0.05) is 60.1 Å². The van der Waals surface area contributed by atoms with Gasteiger partial charge < -0.3 is 20.6 Å². The molecule has 0 aromatic heterocycles. The van der Waals surface area contributed by atoms with Crippen LogP contribution >= 0.6 is 0 Å². The van der Waals surface area contributed by atoms with E-state index >= 15 is 0 Å². The number of hydrogen-bond donors (Lipinski definition) is 4. The first-order chi connectivity index (χ1) is 18.6. The van der Waals surface area contributed by atoms with Crippen molar-refractivity contribution < 1.29 is 20.1 Å². The van der Waals surface area contributed by atoms with Crippen molar-refractivity contribution in [3.63, 3.8) is 0 Å². The van der Waals surface area contributed by atoms with E-state index in [0.717, 1.165) is 51.4 Å². The number of aliphatic hydroxyl groups is 3. The molecular weight excluding hydrogens is 498 g/mol. The van der Waals surface area contributed by atoms with Crippen molar-refractivity contribution in [2.45, 2.75) is 138 Å². The van der Waals surface area contributed by atoms with Crippen LogP contribution in [-0.2, 0) is 4.79 Å². The third kappa shape index (κ3) is 4.29. The normalized spacial score (nSPS) is 46.1. The summed E-state index contributed by atoms with van der Waals surface area (Å²) >= 11 is 0. The van der Waals surface area contributed by atoms with E-state index in [1.165, 1.54) is 12.8 Å². The third-order valence-electron chi connectivity index (χ3n) is 14.3. The minimum atomic E-state index is -0.408. The molecule has 9 atom stereocenters. The topological polar surface area (TPSA) is 89.8 Å². The van der Waals surface area contributed by atoms with Crippen molar-refractivity contribution in [3.8, 4) is 0 Å². The first-order valence-electron chi connectivity index (χ1n) is 16.5. The zero-order valence-electron chi connectivity index (χ0n) is 26.6. The van der Waals surface area contributed by atoms with Gasteiger partial charge in [-0.05, 0) is 122 Å². The monoisotopic (exact) mass is 557 g/mol. The van der Waals surface area contributed by atoms with E-state index in [2.05, 4.69) is 59.9 Å². The Bertz CT molecular complexity index is 1020. The van der Waals surface area contributed by atoms with Crippen LogP contribution in [0.1, 0.15) is 126 Å². The van der Waals surface area contributed by atoms with Crippen LogP contribution in [0.3, 0.4) is 0 Å². The first-order valence-corrected chi connectivity index (χ1v) is 16.5. The molecule has 4 saturated carbocycles. The molecular formula is C35H59NO4. The first kappa shape index (κ1) is 30.5. The van der Waals surface area contributed by atoms with Gasteiger partial charge in [-0.3, -0.25) is 4.79 Å². The molecule has 40 heavy (non-hydrogen) atoms. The Balaban J connectivity index is 1.52. The number of rotatable bonds is 6. The summed E-state index contributed by atoms with van der Waals surface area (Å²) in [6, 6.07) is -0.291. The van der Waals surface area contributed by atoms with Crippen molar-refractivity contribution >= 4 is 5.91 Å². The van der Waals surface area contributed by atoms with Gasteiger partial charge in [0.05, 0.1) is 24.2 Å². The number of aliphatic hydroxyl groups excluding tert-OH is 3. The van der Waals surface area contributed by atoms with E-state index < -0.39 is 5.41 Å². The van der Waals surface area contributed by atoms with Gasteiger partial charge in [-0.25, -0.2) is 0 Å². The van der Waals surface area contributed by atoms with Crippen LogP contribution in [0.25, 0.3) is 0 Å². The molecule has 5 aliphatic rings. The molecule has 0 unspecified atom stereocenters. The number of carbonyl (C=O) groups excluding carboxylic acids is 1. The summed E-state index contributed by atoms with van der Waals surface area (Å²) in [4.78, 5) is 14.2. The summed E-state index contributed by atoms with van der Waals surface area (Å²) in [5.41, 5.74) is 1.78. The predicted molar refractivity (Wildman–Crippen MR) is 160 cm³/mol. The highest BCUT2D eigenvalue weighted by Crippen LogP contribution is 2.75. The Morgan fingerprint density at radius 2 is 1.65 bits per heavy atom. The van der Waals surface area contributed by atoms with Gasteiger partial charge in [0.2, 0.25) is 5.91 Å². The number of amides is 1. The van der Waals surface area contributed by atoms with Gasteiger partial charge in [-0.2, -0.15) is 0 Å². The summed E-state index contributed by atoms with van der Waals surface area (Å²) < 4.78 is 0. The lowest BCUT2D eigenvalue weighted by atomic mass is 9.33. The summed E-state index contributed by atoms with van der Waals surface area (Å²) in [5, 5.41) is 33.6. The molecule has 4 N–H and O–H groups in total. The third-order valence-corrected chi connectivity index (χ3v) is 14.3. The summed E-state index contributed by atoms with van der Waals surface area (Å²) in [6.07, 6.45) is 14.1. The van der Waals surface area contributed by atoms with E-state index in [9.17, 15) is 20.1 Å². The van der Waals surface area contributed by atoms with Crippen LogP contribution in [0.5, 0.6) is 0 Å². The second kappa shape index (κ2) is 10.1. The zero-order chi connectivity index (χ0) is 29.4. The van der Waals surface area contributed by atoms with Crippen molar-refractivity contribution in [3.05, 3.63) is 11.6 Å². The Morgan fingerprint density at radius 3 is 2.33 bits per heavy atom. The molecule has 0 aromatic carbocycles. The second-order valence-electron chi connectivity index (χ2n) is 17.0. The Kier molecular flexibility index (Phi) is 7.70. The Hall–Kier alpha value is -0.910. The standard InChI is InChI=1S/C35H59NO4/c1-30(2)16-18-35(29(40)36-23(22-38)9-8-20-37)19-17-33(6)24(25(35)21-30)10-11-27-32(5)14-13-28(39)31(3,4)26(32)12-15-34(27,33)7/h10,23,25-28,37-39H,8-9,11-22H2,1-7H3,(H,36,40)/t23-,25-,26-,27+,28-,32-,33+,34+,35-/m0/s1. The molecule has 0 heterocycles. The number of allylic oxidation sites excluding steroid dienone is 2. The fourth-order valence-electron chi connectivity index (χ4n) is 11.5. The number of hydrogen-bond acceptors (Lipinski definition) is 4. The van der Waals surface area contributed by atoms with Crippen LogP contribution in [0.4, 0.5) is 0 Å². The van der Waals surface area contributed by atoms with Crippen LogP contribution in [0.2, 0.25) is 0 Å². The van der Waals surface area contributed by atoms with Gasteiger partial charge in [0.15, 0.2) is 0 Å². The highest BCUT2D eigenvalue weighted by atomic mass is 16.3. The molecule has 0 aliphatic heterocycles. The molecule has 0 bridgehead atoms. The number of fused-ring (bicyclic) bond motifs is 7. The van der Waals surface area contributed by atoms with Crippen LogP contribution < -0.4 is 5.32 Å². The average Bonchev–Trinajstić information content (AvgIpc) is 2.89. The summed E-state index contributed by atoms with van der Waals surface area (Å²) in [7, 11) is 0. The summed E-state index contributed by atoms with van der Waals surface area (Å²) in [6.45, 7) is 17.1. The van der Waals surface area contributed by atoms with Gasteiger partial charge in [-0.15, -0.1) is 0 Å². The quantitative estimate of drug-likeness (QED) is 0.285. The van der Waals surface area contributed by atoms with Crippen molar-refractivity contribution in [1.29, 1.82) is 0 Å². The molecule has 0 saturated heterocycles. The largest absolute Gasteiger partial charge is 0.396 e. The van der Waals surface area contributed by atoms with Crippen molar-refractivity contribution in [2.75, 3.05) is 13.2 Å². The molecule has 5 rings (SSSR count). The SMILES string of the molecule is CC1(C)CC[C@]2(C(=O)N[C@H](CO)CCCO)CC[C@]3(C)C(=CC[C@@H]4[C@@]5(C)CC[C@H](O)C(C)(C)[C@@H]5CC[C@]43C)[C@@H]2C1. The highest BCUT2D eigenvalue weighted by molar-refractivity contribution is 5.84. The fraction of sp³-hybridized carbons (Fsp3) is 0.914. The molecule has 0 spiro atoms. The maximum absolute atomic E-state index is 14.2. The number of carbonyl (C=O) groups is 1. The minimum Gasteiger partial charge on any atom is -0.396 e. The molecule has 228 valence electrons. The van der Waals surface area contributed by atoms with E-state index in [-0.39, 0.29) is 64.3 Å². The zero-order valence-corrected chi connectivity index (χ0v) is 26.6. The number of nitrogens with one attached hydrogen (secondary N) is 1. The van der Waals surface area contributed by atoms with Crippen LogP contribution in [-0.4, -0.2) is 46.6 Å². The van der Waals surface area contributed by atoms with E-state index in [0.29, 0.717) is 24.7 Å². The minimum absolute atomic E-state index is 0.0499. The lowest BCUT2D eigenvalue weighted by molar-refractivity contribution is -0.203. The smallest absolute Gasteiger partial charge is 0.227 e. The maximum Gasteiger partial charge on any atom is 0.227 e. The predicted octanol–water partition coefficient (Wildman–Crippen LogP) is 6.40. The van der Waals surface area contributed by atoms with Crippen molar-refractivity contribution in [2.24, 2.45) is 50.2 Å². The highest BCUT2D eigenvalue weighted by Gasteiger charge is 2.69. The lowest BCUT2D eigenvalue weighted by Crippen LogP contribution is -2.65. The Morgan fingerprint density at radius 1 is 0.950 bits per heavy atom. The van der Waals surface area contributed by atoms with Crippen molar-refractivity contribution in [1.82, 2.24) is 5.32 Å². The average molecular weight is 558 g/mol. The summed E-state index contributed by atoms with van der Waals surface area (Å²) in [5.74, 6) is 1.50. The van der Waals surface area contributed by atoms with Crippen LogP contribution in [0.15, 0.2) is 11.6 Å². The van der Waals surface area contributed by atoms with Gasteiger partial charge in [0, 0.05) is 6.61 Å². The molecule has 5 aliphatic carbocycles. The molecule has 0 radical (unpaired) electrons. The molecule has 1 amide bonds. The van der Waals surface area contributed by atoms with Gasteiger partial charge in [0.1, 0.15) is 0 Å². The Labute approximate surface area is 244 Å². The molecule has 0 aromatic rings. The van der Waals surface area contributed by atoms with E-state index in [4.69, 9.17) is 0 Å².